The van der Waals surface area contributed by atoms with Crippen LogP contribution in [0.15, 0.2) is 0 Å². The maximum absolute atomic E-state index is 5.32. The molecule has 0 radical (unpaired) electrons. The zero-order chi connectivity index (χ0) is 4.99. The summed E-state index contributed by atoms with van der Waals surface area (Å²) in [4.78, 5) is 0. The van der Waals surface area contributed by atoms with Gasteiger partial charge in [0.2, 0.25) is 0 Å². The quantitative estimate of drug-likeness (QED) is 0.523. The highest BCUT2D eigenvalue weighted by atomic mass is 35.5. The summed E-state index contributed by atoms with van der Waals surface area (Å²) in [7, 11) is 0. The molecule has 0 aliphatic rings. The lowest BCUT2D eigenvalue weighted by atomic mass is 10.3. The van der Waals surface area contributed by atoms with Gasteiger partial charge >= 0.3 is 0 Å². The van der Waals surface area contributed by atoms with E-state index < -0.39 is 0 Å². The van der Waals surface area contributed by atoms with Crippen molar-refractivity contribution in [2.45, 2.75) is 19.4 Å². The molecule has 0 amide bonds. The Labute approximate surface area is 43.5 Å². The number of halogens is 1. The molecular formula is C4H10ClN. The Morgan fingerprint density at radius 3 is 2.33 bits per heavy atom. The van der Waals surface area contributed by atoms with Crippen molar-refractivity contribution in [2.75, 3.05) is 5.88 Å². The van der Waals surface area contributed by atoms with E-state index in [1.54, 1.807) is 0 Å². The third-order valence-electron chi connectivity index (χ3n) is 0.564. The van der Waals surface area contributed by atoms with Crippen LogP contribution in [0.3, 0.4) is 0 Å². The molecule has 1 atom stereocenters. The lowest BCUT2D eigenvalue weighted by Crippen LogP contribution is -2.14. The molecule has 6 heavy (non-hydrogen) atoms. The summed E-state index contributed by atoms with van der Waals surface area (Å²) in [6.07, 6.45) is 0.918. The highest BCUT2D eigenvalue weighted by Gasteiger charge is 1.86. The van der Waals surface area contributed by atoms with Gasteiger partial charge in [-0.2, -0.15) is 0 Å². The molecule has 0 spiro atoms. The van der Waals surface area contributed by atoms with Gasteiger partial charge < -0.3 is 5.73 Å². The van der Waals surface area contributed by atoms with Crippen LogP contribution in [-0.2, 0) is 0 Å². The molecule has 0 saturated carbocycles. The Balaban J connectivity index is 2.63. The Morgan fingerprint density at radius 2 is 2.33 bits per heavy atom. The van der Waals surface area contributed by atoms with Crippen LogP contribution in [0, 0.1) is 0 Å². The molecule has 1 unspecified atom stereocenters. The maximum atomic E-state index is 5.32. The molecule has 38 valence electrons. The van der Waals surface area contributed by atoms with Gasteiger partial charge in [-0.05, 0) is 13.3 Å². The Hall–Kier alpha value is 0.250. The zero-order valence-electron chi connectivity index (χ0n) is 3.95. The van der Waals surface area contributed by atoms with Crippen molar-refractivity contribution in [3.63, 3.8) is 0 Å². The van der Waals surface area contributed by atoms with E-state index in [0.717, 1.165) is 6.42 Å². The van der Waals surface area contributed by atoms with Crippen molar-refractivity contribution in [3.8, 4) is 0 Å². The van der Waals surface area contributed by atoms with Crippen LogP contribution in [0.25, 0.3) is 0 Å². The minimum atomic E-state index is 0.266. The van der Waals surface area contributed by atoms with Gasteiger partial charge in [-0.25, -0.2) is 0 Å². The second-order valence-electron chi connectivity index (χ2n) is 1.45. The van der Waals surface area contributed by atoms with Gasteiger partial charge in [-0.15, -0.1) is 11.6 Å². The molecule has 1 nitrogen and oxygen atoms in total. The van der Waals surface area contributed by atoms with Crippen LogP contribution in [0.5, 0.6) is 0 Å². The van der Waals surface area contributed by atoms with Crippen molar-refractivity contribution >= 4 is 11.6 Å². The number of rotatable bonds is 2. The van der Waals surface area contributed by atoms with Gasteiger partial charge in [0.05, 0.1) is 0 Å². The van der Waals surface area contributed by atoms with Crippen LogP contribution in [-0.4, -0.2) is 11.9 Å². The van der Waals surface area contributed by atoms with E-state index in [-0.39, 0.29) is 6.04 Å². The molecular weight excluding hydrogens is 97.5 g/mol. The normalized spacial score (nSPS) is 14.5. The lowest BCUT2D eigenvalue weighted by molar-refractivity contribution is 0.719. The summed E-state index contributed by atoms with van der Waals surface area (Å²) in [5, 5.41) is 0. The number of nitrogens with two attached hydrogens (primary N) is 1. The van der Waals surface area contributed by atoms with E-state index in [1.807, 2.05) is 6.92 Å². The molecule has 0 aromatic rings. The Morgan fingerprint density at radius 1 is 1.83 bits per heavy atom. The predicted molar refractivity (Wildman–Crippen MR) is 29.0 cm³/mol. The molecule has 0 heterocycles. The molecule has 2 heteroatoms. The third kappa shape index (κ3) is 4.25. The molecule has 0 bridgehead atoms. The molecule has 0 aliphatic carbocycles. The summed E-state index contributed by atoms with van der Waals surface area (Å²) in [6, 6.07) is 0.266. The summed E-state index contributed by atoms with van der Waals surface area (Å²) < 4.78 is 0. The van der Waals surface area contributed by atoms with Crippen molar-refractivity contribution in [2.24, 2.45) is 5.73 Å². The minimum absolute atomic E-state index is 0.266. The van der Waals surface area contributed by atoms with Crippen molar-refractivity contribution < 1.29 is 0 Å². The standard InChI is InChI=1S/C4H10ClN/c1-4(6)2-3-5/h4H,2-3,6H2,1H3. The molecule has 0 aliphatic heterocycles. The fourth-order valence-corrected chi connectivity index (χ4v) is 0.516. The van der Waals surface area contributed by atoms with Gasteiger partial charge in [0.1, 0.15) is 0 Å². The summed E-state index contributed by atoms with van der Waals surface area (Å²) >= 11 is 5.32. The highest BCUT2D eigenvalue weighted by Crippen LogP contribution is 1.86. The minimum Gasteiger partial charge on any atom is -0.328 e. The van der Waals surface area contributed by atoms with E-state index in [9.17, 15) is 0 Å². The van der Waals surface area contributed by atoms with E-state index in [0.29, 0.717) is 5.88 Å². The molecule has 2 N–H and O–H groups in total. The maximum Gasteiger partial charge on any atom is 0.0238 e. The van der Waals surface area contributed by atoms with Crippen LogP contribution < -0.4 is 5.73 Å². The Kier molecular flexibility index (Phi) is 3.58. The van der Waals surface area contributed by atoms with Crippen LogP contribution in [0.4, 0.5) is 0 Å². The van der Waals surface area contributed by atoms with E-state index in [4.69, 9.17) is 17.3 Å². The monoisotopic (exact) mass is 107 g/mol. The van der Waals surface area contributed by atoms with E-state index in [1.165, 1.54) is 0 Å². The predicted octanol–water partition coefficient (Wildman–Crippen LogP) is 0.963. The molecule has 0 aromatic carbocycles. The SMILES string of the molecule is CC(N)CCCl. The van der Waals surface area contributed by atoms with E-state index >= 15 is 0 Å². The van der Waals surface area contributed by atoms with Crippen LogP contribution in [0.1, 0.15) is 13.3 Å². The first kappa shape index (κ1) is 6.25. The number of hydrogen-bond acceptors (Lipinski definition) is 1. The van der Waals surface area contributed by atoms with Crippen molar-refractivity contribution in [1.82, 2.24) is 0 Å². The first-order valence-corrected chi connectivity index (χ1v) is 2.62. The average Bonchev–Trinajstić information content (AvgIpc) is 1.35. The molecule has 0 fully saturated rings. The largest absolute Gasteiger partial charge is 0.328 e. The topological polar surface area (TPSA) is 26.0 Å². The first-order chi connectivity index (χ1) is 2.77. The fraction of sp³-hybridized carbons (Fsp3) is 1.00. The molecule has 0 rings (SSSR count). The summed E-state index contributed by atoms with van der Waals surface area (Å²) in [5.41, 5.74) is 5.32. The van der Waals surface area contributed by atoms with Crippen LogP contribution in [0.2, 0.25) is 0 Å². The van der Waals surface area contributed by atoms with Crippen molar-refractivity contribution in [3.05, 3.63) is 0 Å². The van der Waals surface area contributed by atoms with E-state index in [2.05, 4.69) is 0 Å². The number of hydrogen-bond donors (Lipinski definition) is 1. The third-order valence-corrected chi connectivity index (χ3v) is 0.783. The zero-order valence-corrected chi connectivity index (χ0v) is 4.70. The average molecular weight is 108 g/mol. The summed E-state index contributed by atoms with van der Waals surface area (Å²) in [5.74, 6) is 0.678. The second-order valence-corrected chi connectivity index (χ2v) is 1.83. The lowest BCUT2D eigenvalue weighted by Gasteiger charge is -1.95. The first-order valence-electron chi connectivity index (χ1n) is 2.09. The number of alkyl halides is 1. The molecule has 0 aromatic heterocycles. The smallest absolute Gasteiger partial charge is 0.0238 e. The van der Waals surface area contributed by atoms with Crippen LogP contribution >= 0.6 is 11.6 Å². The molecule has 0 saturated heterocycles. The van der Waals surface area contributed by atoms with Gasteiger partial charge in [-0.1, -0.05) is 0 Å². The Bertz CT molecular complexity index is 28.7. The van der Waals surface area contributed by atoms with Gasteiger partial charge in [-0.3, -0.25) is 0 Å². The van der Waals surface area contributed by atoms with Gasteiger partial charge in [0.15, 0.2) is 0 Å². The highest BCUT2D eigenvalue weighted by molar-refractivity contribution is 6.17. The fourth-order valence-electron chi connectivity index (χ4n) is 0.172. The second kappa shape index (κ2) is 3.44. The van der Waals surface area contributed by atoms with Crippen molar-refractivity contribution in [1.29, 1.82) is 0 Å². The van der Waals surface area contributed by atoms with Gasteiger partial charge in [0.25, 0.3) is 0 Å². The summed E-state index contributed by atoms with van der Waals surface area (Å²) in [6.45, 7) is 1.95. The van der Waals surface area contributed by atoms with Gasteiger partial charge in [0, 0.05) is 11.9 Å².